The molecule has 0 saturated heterocycles. The Morgan fingerprint density at radius 2 is 2.22 bits per heavy atom. The van der Waals surface area contributed by atoms with Gasteiger partial charge in [-0.15, -0.1) is 0 Å². The molecule has 18 heavy (non-hydrogen) atoms. The van der Waals surface area contributed by atoms with E-state index >= 15 is 0 Å². The van der Waals surface area contributed by atoms with E-state index < -0.39 is 0 Å². The van der Waals surface area contributed by atoms with Gasteiger partial charge in [0, 0.05) is 17.7 Å². The Bertz CT molecular complexity index is 358. The molecule has 102 valence electrons. The number of ether oxygens (including phenoxy) is 1. The number of hydrogen-bond acceptors (Lipinski definition) is 3. The van der Waals surface area contributed by atoms with Gasteiger partial charge in [-0.05, 0) is 50.1 Å². The molecule has 3 nitrogen and oxygen atoms in total. The number of benzene rings is 1. The summed E-state index contributed by atoms with van der Waals surface area (Å²) in [6.07, 6.45) is 1.77. The zero-order valence-corrected chi connectivity index (χ0v) is 11.8. The zero-order valence-electron chi connectivity index (χ0n) is 11.1. The standard InChI is InChI=1S/C14H22ClNO2/c1-3-7-16-12(6-8-17)10-18-13-4-5-14(15)11(2)9-13/h4-5,9,12,16-17H,3,6-8,10H2,1-2H3. The van der Waals surface area contributed by atoms with Crippen LogP contribution >= 0.6 is 11.6 Å². The average Bonchev–Trinajstić information content (AvgIpc) is 2.37. The second-order valence-corrected chi connectivity index (χ2v) is 4.79. The van der Waals surface area contributed by atoms with Crippen LogP contribution in [0, 0.1) is 6.92 Å². The van der Waals surface area contributed by atoms with Crippen LogP contribution in [-0.4, -0.2) is 30.9 Å². The van der Waals surface area contributed by atoms with Crippen molar-refractivity contribution >= 4 is 11.6 Å². The zero-order chi connectivity index (χ0) is 13.4. The molecule has 0 bridgehead atoms. The minimum atomic E-state index is 0.171. The highest BCUT2D eigenvalue weighted by Crippen LogP contribution is 2.21. The summed E-state index contributed by atoms with van der Waals surface area (Å²) >= 11 is 5.96. The quantitative estimate of drug-likeness (QED) is 0.764. The first-order valence-corrected chi connectivity index (χ1v) is 6.78. The minimum Gasteiger partial charge on any atom is -0.492 e. The third-order valence-electron chi connectivity index (χ3n) is 2.74. The van der Waals surface area contributed by atoms with E-state index in [9.17, 15) is 0 Å². The fraction of sp³-hybridized carbons (Fsp3) is 0.571. The maximum atomic E-state index is 9.00. The molecule has 0 aliphatic rings. The molecule has 4 heteroatoms. The summed E-state index contributed by atoms with van der Waals surface area (Å²) in [5.74, 6) is 0.818. The van der Waals surface area contributed by atoms with E-state index in [-0.39, 0.29) is 12.6 Å². The van der Waals surface area contributed by atoms with Gasteiger partial charge in [-0.3, -0.25) is 0 Å². The molecule has 1 unspecified atom stereocenters. The number of nitrogens with one attached hydrogen (secondary N) is 1. The first kappa shape index (κ1) is 15.3. The third kappa shape index (κ3) is 5.25. The fourth-order valence-corrected chi connectivity index (χ4v) is 1.77. The summed E-state index contributed by atoms with van der Waals surface area (Å²) in [7, 11) is 0. The summed E-state index contributed by atoms with van der Waals surface area (Å²) in [4.78, 5) is 0. The van der Waals surface area contributed by atoms with E-state index in [2.05, 4.69) is 12.2 Å². The van der Waals surface area contributed by atoms with Gasteiger partial charge in [-0.25, -0.2) is 0 Å². The van der Waals surface area contributed by atoms with Crippen molar-refractivity contribution < 1.29 is 9.84 Å². The molecule has 0 aromatic heterocycles. The maximum absolute atomic E-state index is 9.00. The van der Waals surface area contributed by atoms with E-state index in [0.29, 0.717) is 13.0 Å². The van der Waals surface area contributed by atoms with Gasteiger partial charge >= 0.3 is 0 Å². The molecule has 2 N–H and O–H groups in total. The van der Waals surface area contributed by atoms with Crippen LogP contribution < -0.4 is 10.1 Å². The van der Waals surface area contributed by atoms with Crippen molar-refractivity contribution in [3.63, 3.8) is 0 Å². The molecule has 0 heterocycles. The number of aliphatic hydroxyl groups is 1. The highest BCUT2D eigenvalue weighted by molar-refractivity contribution is 6.31. The molecule has 1 aromatic rings. The molecular weight excluding hydrogens is 250 g/mol. The Hall–Kier alpha value is -0.770. The molecule has 0 aliphatic carbocycles. The van der Waals surface area contributed by atoms with E-state index in [0.717, 1.165) is 29.3 Å². The summed E-state index contributed by atoms with van der Waals surface area (Å²) in [6, 6.07) is 5.82. The van der Waals surface area contributed by atoms with Crippen molar-refractivity contribution in [3.05, 3.63) is 28.8 Å². The predicted octanol–water partition coefficient (Wildman–Crippen LogP) is 2.78. The smallest absolute Gasteiger partial charge is 0.119 e. The molecular formula is C14H22ClNO2. The average molecular weight is 272 g/mol. The van der Waals surface area contributed by atoms with Gasteiger partial charge in [-0.2, -0.15) is 0 Å². The molecule has 1 atom stereocenters. The minimum absolute atomic E-state index is 0.171. The van der Waals surface area contributed by atoms with Crippen molar-refractivity contribution in [2.75, 3.05) is 19.8 Å². The van der Waals surface area contributed by atoms with E-state index in [1.54, 1.807) is 0 Å². The van der Waals surface area contributed by atoms with Gasteiger partial charge < -0.3 is 15.2 Å². The lowest BCUT2D eigenvalue weighted by Gasteiger charge is -2.18. The van der Waals surface area contributed by atoms with Crippen LogP contribution in [0.4, 0.5) is 0 Å². The Kier molecular flexibility index (Phi) is 7.09. The highest BCUT2D eigenvalue weighted by Gasteiger charge is 2.08. The number of aryl methyl sites for hydroxylation is 1. The van der Waals surface area contributed by atoms with E-state index in [4.69, 9.17) is 21.4 Å². The monoisotopic (exact) mass is 271 g/mol. The molecule has 0 saturated carbocycles. The lowest BCUT2D eigenvalue weighted by molar-refractivity contribution is 0.214. The van der Waals surface area contributed by atoms with Crippen molar-refractivity contribution in [1.82, 2.24) is 5.32 Å². The van der Waals surface area contributed by atoms with Gasteiger partial charge in [0.15, 0.2) is 0 Å². The third-order valence-corrected chi connectivity index (χ3v) is 3.17. The van der Waals surface area contributed by atoms with Crippen molar-refractivity contribution in [1.29, 1.82) is 0 Å². The van der Waals surface area contributed by atoms with Crippen LogP contribution in [-0.2, 0) is 0 Å². The van der Waals surface area contributed by atoms with Gasteiger partial charge in [-0.1, -0.05) is 18.5 Å². The molecule has 0 fully saturated rings. The maximum Gasteiger partial charge on any atom is 0.119 e. The molecule has 0 aliphatic heterocycles. The first-order chi connectivity index (χ1) is 8.67. The van der Waals surface area contributed by atoms with Crippen LogP contribution in [0.15, 0.2) is 18.2 Å². The van der Waals surface area contributed by atoms with E-state index in [1.165, 1.54) is 0 Å². The molecule has 1 rings (SSSR count). The van der Waals surface area contributed by atoms with Crippen LogP contribution in [0.2, 0.25) is 5.02 Å². The van der Waals surface area contributed by atoms with Crippen LogP contribution in [0.5, 0.6) is 5.75 Å². The second-order valence-electron chi connectivity index (χ2n) is 4.39. The Labute approximate surface area is 114 Å². The number of halogens is 1. The largest absolute Gasteiger partial charge is 0.492 e. The second kappa shape index (κ2) is 8.35. The van der Waals surface area contributed by atoms with Crippen LogP contribution in [0.25, 0.3) is 0 Å². The van der Waals surface area contributed by atoms with Gasteiger partial charge in [0.05, 0.1) is 0 Å². The number of aliphatic hydroxyl groups excluding tert-OH is 1. The lowest BCUT2D eigenvalue weighted by atomic mass is 10.2. The van der Waals surface area contributed by atoms with Crippen LogP contribution in [0.3, 0.4) is 0 Å². The molecule has 0 radical (unpaired) electrons. The number of hydrogen-bond donors (Lipinski definition) is 2. The predicted molar refractivity (Wildman–Crippen MR) is 75.5 cm³/mol. The number of rotatable bonds is 8. The summed E-state index contributed by atoms with van der Waals surface area (Å²) < 4.78 is 5.72. The topological polar surface area (TPSA) is 41.5 Å². The first-order valence-electron chi connectivity index (χ1n) is 6.40. The lowest BCUT2D eigenvalue weighted by Crippen LogP contribution is -2.36. The summed E-state index contributed by atoms with van der Waals surface area (Å²) in [6.45, 7) is 5.74. The Morgan fingerprint density at radius 3 is 2.83 bits per heavy atom. The van der Waals surface area contributed by atoms with E-state index in [1.807, 2.05) is 25.1 Å². The molecule has 1 aromatic carbocycles. The summed E-state index contributed by atoms with van der Waals surface area (Å²) in [5, 5.41) is 13.1. The Balaban J connectivity index is 2.47. The van der Waals surface area contributed by atoms with Gasteiger partial charge in [0.1, 0.15) is 12.4 Å². The molecule has 0 spiro atoms. The van der Waals surface area contributed by atoms with Crippen molar-refractivity contribution in [2.24, 2.45) is 0 Å². The van der Waals surface area contributed by atoms with Crippen LogP contribution in [0.1, 0.15) is 25.3 Å². The highest BCUT2D eigenvalue weighted by atomic mass is 35.5. The molecule has 0 amide bonds. The van der Waals surface area contributed by atoms with Gasteiger partial charge in [0.2, 0.25) is 0 Å². The summed E-state index contributed by atoms with van der Waals surface area (Å²) in [5.41, 5.74) is 1.01. The Morgan fingerprint density at radius 1 is 1.44 bits per heavy atom. The normalized spacial score (nSPS) is 12.4. The van der Waals surface area contributed by atoms with Crippen molar-refractivity contribution in [3.8, 4) is 5.75 Å². The fourth-order valence-electron chi connectivity index (χ4n) is 1.65. The SMILES string of the molecule is CCCNC(CCO)COc1ccc(Cl)c(C)c1. The van der Waals surface area contributed by atoms with Gasteiger partial charge in [0.25, 0.3) is 0 Å². The van der Waals surface area contributed by atoms with Crippen molar-refractivity contribution in [2.45, 2.75) is 32.7 Å².